The minimum Gasteiger partial charge on any atom is -0.496 e. The van der Waals surface area contributed by atoms with Crippen molar-refractivity contribution >= 4 is 17.5 Å². The Kier molecular flexibility index (Phi) is 6.88. The largest absolute Gasteiger partial charge is 0.496 e. The van der Waals surface area contributed by atoms with Gasteiger partial charge >= 0.3 is 0 Å². The molecule has 1 aromatic heterocycles. The highest BCUT2D eigenvalue weighted by molar-refractivity contribution is 8.00. The Morgan fingerprint density at radius 1 is 1.21 bits per heavy atom. The van der Waals surface area contributed by atoms with Crippen LogP contribution in [0.5, 0.6) is 5.75 Å². The van der Waals surface area contributed by atoms with Crippen molar-refractivity contribution in [3.63, 3.8) is 0 Å². The summed E-state index contributed by atoms with van der Waals surface area (Å²) >= 11 is 1.40. The highest BCUT2D eigenvalue weighted by Gasteiger charge is 2.22. The van der Waals surface area contributed by atoms with E-state index in [1.165, 1.54) is 17.3 Å². The average Bonchev–Trinajstić information content (AvgIpc) is 3.15. The molecule has 2 aromatic carbocycles. The van der Waals surface area contributed by atoms with Crippen LogP contribution in [-0.2, 0) is 13.0 Å². The van der Waals surface area contributed by atoms with Gasteiger partial charge in [-0.1, -0.05) is 61.2 Å². The molecule has 1 heterocycles. The SMILES string of the molecule is C=CCn1c(S[C@H](C)C(=O)c2ccc(CC)cc2)nnc1-c1ccccc1OC. The first-order valence-corrected chi connectivity index (χ1v) is 10.4. The lowest BCUT2D eigenvalue weighted by Gasteiger charge is -2.13. The number of hydrogen-bond acceptors (Lipinski definition) is 5. The first kappa shape index (κ1) is 20.9. The van der Waals surface area contributed by atoms with Crippen LogP contribution >= 0.6 is 11.8 Å². The topological polar surface area (TPSA) is 57.0 Å². The van der Waals surface area contributed by atoms with E-state index < -0.39 is 0 Å². The molecule has 5 nitrogen and oxygen atoms in total. The maximum Gasteiger partial charge on any atom is 0.192 e. The lowest BCUT2D eigenvalue weighted by Crippen LogP contribution is -2.15. The van der Waals surface area contributed by atoms with Crippen molar-refractivity contribution in [3.8, 4) is 17.1 Å². The first-order valence-electron chi connectivity index (χ1n) is 9.56. The molecule has 0 aliphatic heterocycles. The first-order chi connectivity index (χ1) is 14.1. The molecule has 0 radical (unpaired) electrons. The zero-order valence-electron chi connectivity index (χ0n) is 17.0. The van der Waals surface area contributed by atoms with Gasteiger partial charge in [0.2, 0.25) is 0 Å². The number of nitrogens with zero attached hydrogens (tertiary/aromatic N) is 3. The number of thioether (sulfide) groups is 1. The number of aryl methyl sites for hydroxylation is 1. The molecule has 0 fully saturated rings. The van der Waals surface area contributed by atoms with Crippen molar-refractivity contribution in [2.24, 2.45) is 0 Å². The molecule has 150 valence electrons. The van der Waals surface area contributed by atoms with Crippen molar-refractivity contribution < 1.29 is 9.53 Å². The van der Waals surface area contributed by atoms with Crippen molar-refractivity contribution in [1.29, 1.82) is 0 Å². The van der Waals surface area contributed by atoms with E-state index in [0.29, 0.717) is 23.1 Å². The molecule has 0 saturated heterocycles. The summed E-state index contributed by atoms with van der Waals surface area (Å²) in [5, 5.41) is 9.11. The third-order valence-corrected chi connectivity index (χ3v) is 5.75. The van der Waals surface area contributed by atoms with Gasteiger partial charge in [-0.15, -0.1) is 16.8 Å². The Labute approximate surface area is 175 Å². The lowest BCUT2D eigenvalue weighted by atomic mass is 10.1. The van der Waals surface area contributed by atoms with Crippen LogP contribution in [0.4, 0.5) is 0 Å². The van der Waals surface area contributed by atoms with Gasteiger partial charge in [0.25, 0.3) is 0 Å². The standard InChI is InChI=1S/C23H25N3O2S/c1-5-15-26-22(19-9-7-8-10-20(19)28-4)24-25-23(26)29-16(3)21(27)18-13-11-17(6-2)12-14-18/h5,7-14,16H,1,6,15H2,2-4H3/t16-/m1/s1. The number of aromatic nitrogens is 3. The zero-order valence-corrected chi connectivity index (χ0v) is 17.8. The van der Waals surface area contributed by atoms with Crippen LogP contribution in [0.3, 0.4) is 0 Å². The number of ether oxygens (including phenoxy) is 1. The Bertz CT molecular complexity index is 996. The summed E-state index contributed by atoms with van der Waals surface area (Å²) in [5.41, 5.74) is 2.78. The van der Waals surface area contributed by atoms with Crippen molar-refractivity contribution in [2.45, 2.75) is 37.2 Å². The van der Waals surface area contributed by atoms with Gasteiger partial charge in [-0.3, -0.25) is 9.36 Å². The maximum absolute atomic E-state index is 12.9. The molecule has 0 unspecified atom stereocenters. The summed E-state index contributed by atoms with van der Waals surface area (Å²) in [6.45, 7) is 8.38. The molecule has 0 N–H and O–H groups in total. The van der Waals surface area contributed by atoms with Gasteiger partial charge in [-0.05, 0) is 31.0 Å². The smallest absolute Gasteiger partial charge is 0.192 e. The number of hydrogen-bond donors (Lipinski definition) is 0. The van der Waals surface area contributed by atoms with Crippen LogP contribution in [0, 0.1) is 0 Å². The summed E-state index contributed by atoms with van der Waals surface area (Å²) < 4.78 is 7.43. The number of Topliss-reactive ketones (excluding diaryl/α,β-unsaturated/α-hetero) is 1. The highest BCUT2D eigenvalue weighted by Crippen LogP contribution is 2.32. The number of ketones is 1. The summed E-state index contributed by atoms with van der Waals surface area (Å²) in [4.78, 5) is 12.9. The molecule has 0 saturated carbocycles. The molecule has 1 atom stereocenters. The third-order valence-electron chi connectivity index (χ3n) is 4.67. The fourth-order valence-corrected chi connectivity index (χ4v) is 3.98. The van der Waals surface area contributed by atoms with Crippen LogP contribution in [-0.4, -0.2) is 32.9 Å². The van der Waals surface area contributed by atoms with Crippen molar-refractivity contribution in [2.75, 3.05) is 7.11 Å². The predicted molar refractivity (Wildman–Crippen MR) is 118 cm³/mol. The van der Waals surface area contributed by atoms with Crippen LogP contribution in [0.15, 0.2) is 66.3 Å². The molecule has 29 heavy (non-hydrogen) atoms. The lowest BCUT2D eigenvalue weighted by molar-refractivity contribution is 0.0994. The van der Waals surface area contributed by atoms with E-state index in [2.05, 4.69) is 23.7 Å². The average molecular weight is 408 g/mol. The minimum atomic E-state index is -0.291. The fourth-order valence-electron chi connectivity index (χ4n) is 3.05. The van der Waals surface area contributed by atoms with Gasteiger partial charge < -0.3 is 4.74 Å². The maximum atomic E-state index is 12.9. The minimum absolute atomic E-state index is 0.0737. The van der Waals surface area contributed by atoms with Crippen LogP contribution in [0.1, 0.15) is 29.8 Å². The van der Waals surface area contributed by atoms with E-state index >= 15 is 0 Å². The number of carbonyl (C=O) groups is 1. The van der Waals surface area contributed by atoms with E-state index in [9.17, 15) is 4.79 Å². The highest BCUT2D eigenvalue weighted by atomic mass is 32.2. The van der Waals surface area contributed by atoms with Gasteiger partial charge in [-0.2, -0.15) is 0 Å². The number of benzene rings is 2. The van der Waals surface area contributed by atoms with E-state index in [4.69, 9.17) is 4.74 Å². The van der Waals surface area contributed by atoms with Crippen LogP contribution in [0.25, 0.3) is 11.4 Å². The molecule has 0 spiro atoms. The zero-order chi connectivity index (χ0) is 20.8. The Hall–Kier alpha value is -2.86. The van der Waals surface area contributed by atoms with E-state index in [1.54, 1.807) is 13.2 Å². The number of para-hydroxylation sites is 1. The fraction of sp³-hybridized carbons (Fsp3) is 0.261. The molecular formula is C23H25N3O2S. The van der Waals surface area contributed by atoms with Gasteiger partial charge in [0.15, 0.2) is 16.8 Å². The predicted octanol–water partition coefficient (Wildman–Crippen LogP) is 5.07. The number of rotatable bonds is 9. The molecule has 3 aromatic rings. The molecule has 3 rings (SSSR count). The number of carbonyl (C=O) groups excluding carboxylic acids is 1. The molecule has 0 bridgehead atoms. The molecule has 0 aliphatic rings. The van der Waals surface area contributed by atoms with Gasteiger partial charge in [0, 0.05) is 12.1 Å². The molecule has 0 amide bonds. The Morgan fingerprint density at radius 3 is 2.59 bits per heavy atom. The quantitative estimate of drug-likeness (QED) is 0.282. The second-order valence-corrected chi connectivity index (χ2v) is 7.89. The second kappa shape index (κ2) is 9.56. The normalized spacial score (nSPS) is 11.8. The van der Waals surface area contributed by atoms with Crippen LogP contribution < -0.4 is 4.74 Å². The van der Waals surface area contributed by atoms with Crippen molar-refractivity contribution in [1.82, 2.24) is 14.8 Å². The van der Waals surface area contributed by atoms with Crippen LogP contribution in [0.2, 0.25) is 0 Å². The summed E-state index contributed by atoms with van der Waals surface area (Å²) in [5.74, 6) is 1.49. The monoisotopic (exact) mass is 407 g/mol. The van der Waals surface area contributed by atoms with E-state index in [0.717, 1.165) is 17.7 Å². The van der Waals surface area contributed by atoms with Crippen molar-refractivity contribution in [3.05, 3.63) is 72.3 Å². The van der Waals surface area contributed by atoms with Gasteiger partial charge in [-0.25, -0.2) is 0 Å². The van der Waals surface area contributed by atoms with Gasteiger partial charge in [0.1, 0.15) is 5.75 Å². The molecular weight excluding hydrogens is 382 g/mol. The third kappa shape index (κ3) is 4.59. The Balaban J connectivity index is 1.87. The molecule has 0 aliphatic carbocycles. The Morgan fingerprint density at radius 2 is 1.93 bits per heavy atom. The summed E-state index contributed by atoms with van der Waals surface area (Å²) in [6.07, 6.45) is 2.75. The number of allylic oxidation sites excluding steroid dienone is 1. The number of methoxy groups -OCH3 is 1. The molecule has 6 heteroatoms. The summed E-state index contributed by atoms with van der Waals surface area (Å²) in [7, 11) is 1.63. The van der Waals surface area contributed by atoms with Gasteiger partial charge in [0.05, 0.1) is 17.9 Å². The summed E-state index contributed by atoms with van der Waals surface area (Å²) in [6, 6.07) is 15.5. The second-order valence-electron chi connectivity index (χ2n) is 6.58. The van der Waals surface area contributed by atoms with E-state index in [-0.39, 0.29) is 11.0 Å². The van der Waals surface area contributed by atoms with E-state index in [1.807, 2.05) is 60.0 Å².